The van der Waals surface area contributed by atoms with Crippen LogP contribution in [0, 0.1) is 5.92 Å². The number of hydrogen-bond donors (Lipinski definition) is 0. The summed E-state index contributed by atoms with van der Waals surface area (Å²) < 4.78 is 0. The van der Waals surface area contributed by atoms with E-state index < -0.39 is 0 Å². The monoisotopic (exact) mass is 181 g/mol. The van der Waals surface area contributed by atoms with Crippen LogP contribution in [-0.4, -0.2) is 11.3 Å². The summed E-state index contributed by atoms with van der Waals surface area (Å²) in [6.07, 6.45) is 7.54. The Kier molecular flexibility index (Phi) is 2.31. The molecule has 0 aromatic rings. The number of hydrogen-bond acceptors (Lipinski definition) is 2. The summed E-state index contributed by atoms with van der Waals surface area (Å²) in [4.78, 5) is 5.64. The quantitative estimate of drug-likeness (QED) is 0.609. The lowest BCUT2D eigenvalue weighted by molar-refractivity contribution is -0.0449. The van der Waals surface area contributed by atoms with Crippen molar-refractivity contribution in [3.63, 3.8) is 0 Å². The third kappa shape index (κ3) is 1.72. The van der Waals surface area contributed by atoms with E-state index in [2.05, 4.69) is 19.0 Å². The van der Waals surface area contributed by atoms with Gasteiger partial charge in [-0.1, -0.05) is 25.4 Å². The molecule has 1 aliphatic heterocycles. The molecule has 0 saturated heterocycles. The Bertz CT molecular complexity index is 214. The van der Waals surface area contributed by atoms with Crippen LogP contribution in [0.4, 0.5) is 0 Å². The van der Waals surface area contributed by atoms with Gasteiger partial charge in [0.1, 0.15) is 5.60 Å². The highest BCUT2D eigenvalue weighted by Crippen LogP contribution is 2.39. The minimum atomic E-state index is 0.123. The maximum atomic E-state index is 5.64. The first-order valence-corrected chi connectivity index (χ1v) is 5.47. The molecule has 1 saturated carbocycles. The highest BCUT2D eigenvalue weighted by atomic mass is 16.7. The highest BCUT2D eigenvalue weighted by molar-refractivity contribution is 5.87. The van der Waals surface area contributed by atoms with Gasteiger partial charge in [-0.2, -0.15) is 0 Å². The largest absolute Gasteiger partial charge is 0.389 e. The molecule has 0 atom stereocenters. The SMILES string of the molecule is CC(C)C1=NOC2(CCCCC2)C1. The molecule has 1 aliphatic carbocycles. The Hall–Kier alpha value is -0.530. The Morgan fingerprint density at radius 1 is 1.23 bits per heavy atom. The fraction of sp³-hybridized carbons (Fsp3) is 0.909. The van der Waals surface area contributed by atoms with Crippen LogP contribution in [-0.2, 0) is 4.84 Å². The van der Waals surface area contributed by atoms with Crippen LogP contribution in [0.3, 0.4) is 0 Å². The molecular formula is C11H19NO. The maximum Gasteiger partial charge on any atom is 0.143 e. The second-order valence-electron chi connectivity index (χ2n) is 4.75. The average Bonchev–Trinajstić information content (AvgIpc) is 2.51. The van der Waals surface area contributed by atoms with Crippen molar-refractivity contribution < 1.29 is 4.84 Å². The molecular weight excluding hydrogens is 162 g/mol. The topological polar surface area (TPSA) is 21.6 Å². The zero-order valence-electron chi connectivity index (χ0n) is 8.68. The number of rotatable bonds is 1. The molecule has 0 aromatic heterocycles. The molecule has 2 nitrogen and oxygen atoms in total. The smallest absolute Gasteiger partial charge is 0.143 e. The molecule has 13 heavy (non-hydrogen) atoms. The van der Waals surface area contributed by atoms with Gasteiger partial charge in [-0.15, -0.1) is 0 Å². The van der Waals surface area contributed by atoms with Gasteiger partial charge in [-0.25, -0.2) is 0 Å². The van der Waals surface area contributed by atoms with Crippen LogP contribution in [0.5, 0.6) is 0 Å². The van der Waals surface area contributed by atoms with Crippen LogP contribution in [0.25, 0.3) is 0 Å². The van der Waals surface area contributed by atoms with Crippen molar-refractivity contribution in [2.45, 2.75) is 58.0 Å². The molecule has 0 amide bonds. The minimum Gasteiger partial charge on any atom is -0.389 e. The van der Waals surface area contributed by atoms with E-state index in [0.29, 0.717) is 5.92 Å². The van der Waals surface area contributed by atoms with E-state index >= 15 is 0 Å². The summed E-state index contributed by atoms with van der Waals surface area (Å²) in [5, 5.41) is 4.23. The van der Waals surface area contributed by atoms with E-state index in [1.807, 2.05) is 0 Å². The van der Waals surface area contributed by atoms with Crippen molar-refractivity contribution in [2.75, 3.05) is 0 Å². The molecule has 1 heterocycles. The molecule has 1 spiro atoms. The summed E-state index contributed by atoms with van der Waals surface area (Å²) in [7, 11) is 0. The third-order valence-electron chi connectivity index (χ3n) is 3.29. The van der Waals surface area contributed by atoms with Gasteiger partial charge >= 0.3 is 0 Å². The summed E-state index contributed by atoms with van der Waals surface area (Å²) >= 11 is 0. The molecule has 74 valence electrons. The van der Waals surface area contributed by atoms with Gasteiger partial charge in [0.25, 0.3) is 0 Å². The fourth-order valence-corrected chi connectivity index (χ4v) is 2.32. The Balaban J connectivity index is 1.99. The van der Waals surface area contributed by atoms with E-state index in [4.69, 9.17) is 4.84 Å². The van der Waals surface area contributed by atoms with Gasteiger partial charge in [-0.3, -0.25) is 0 Å². The van der Waals surface area contributed by atoms with Gasteiger partial charge in [-0.05, 0) is 31.6 Å². The average molecular weight is 181 g/mol. The summed E-state index contributed by atoms with van der Waals surface area (Å²) in [6, 6.07) is 0. The highest BCUT2D eigenvalue weighted by Gasteiger charge is 2.40. The fourth-order valence-electron chi connectivity index (χ4n) is 2.32. The lowest BCUT2D eigenvalue weighted by Crippen LogP contribution is -2.32. The van der Waals surface area contributed by atoms with Crippen LogP contribution in [0.2, 0.25) is 0 Å². The lowest BCUT2D eigenvalue weighted by atomic mass is 9.80. The van der Waals surface area contributed by atoms with Crippen molar-refractivity contribution in [1.29, 1.82) is 0 Å². The lowest BCUT2D eigenvalue weighted by Gasteiger charge is -2.30. The van der Waals surface area contributed by atoms with E-state index in [0.717, 1.165) is 6.42 Å². The summed E-state index contributed by atoms with van der Waals surface area (Å²) in [5.74, 6) is 0.557. The van der Waals surface area contributed by atoms with Gasteiger partial charge in [0.2, 0.25) is 0 Å². The van der Waals surface area contributed by atoms with E-state index in [1.165, 1.54) is 37.8 Å². The predicted octanol–water partition coefficient (Wildman–Crippen LogP) is 3.12. The molecule has 0 radical (unpaired) electrons. The van der Waals surface area contributed by atoms with Gasteiger partial charge in [0.15, 0.2) is 0 Å². The second kappa shape index (κ2) is 3.32. The van der Waals surface area contributed by atoms with Crippen molar-refractivity contribution in [1.82, 2.24) is 0 Å². The molecule has 0 bridgehead atoms. The number of oxime groups is 1. The minimum absolute atomic E-state index is 0.123. The Morgan fingerprint density at radius 3 is 2.46 bits per heavy atom. The number of nitrogens with zero attached hydrogens (tertiary/aromatic N) is 1. The zero-order chi connectivity index (χ0) is 9.31. The van der Waals surface area contributed by atoms with E-state index in [1.54, 1.807) is 0 Å². The molecule has 2 rings (SSSR count). The Morgan fingerprint density at radius 2 is 1.92 bits per heavy atom. The van der Waals surface area contributed by atoms with Gasteiger partial charge < -0.3 is 4.84 Å². The second-order valence-corrected chi connectivity index (χ2v) is 4.75. The summed E-state index contributed by atoms with van der Waals surface area (Å²) in [6.45, 7) is 4.40. The zero-order valence-corrected chi connectivity index (χ0v) is 8.68. The first-order valence-electron chi connectivity index (χ1n) is 5.47. The predicted molar refractivity (Wildman–Crippen MR) is 53.8 cm³/mol. The van der Waals surface area contributed by atoms with Crippen LogP contribution in [0.15, 0.2) is 5.16 Å². The van der Waals surface area contributed by atoms with Crippen LogP contribution in [0.1, 0.15) is 52.4 Å². The molecule has 0 unspecified atom stereocenters. The van der Waals surface area contributed by atoms with Crippen molar-refractivity contribution >= 4 is 5.71 Å². The van der Waals surface area contributed by atoms with Crippen LogP contribution < -0.4 is 0 Å². The van der Waals surface area contributed by atoms with Crippen molar-refractivity contribution in [3.05, 3.63) is 0 Å². The normalized spacial score (nSPS) is 26.2. The molecule has 0 aromatic carbocycles. The van der Waals surface area contributed by atoms with Gasteiger partial charge in [0.05, 0.1) is 5.71 Å². The molecule has 1 fully saturated rings. The van der Waals surface area contributed by atoms with Gasteiger partial charge in [0, 0.05) is 6.42 Å². The first-order chi connectivity index (χ1) is 6.22. The molecule has 2 heteroatoms. The molecule has 2 aliphatic rings. The summed E-state index contributed by atoms with van der Waals surface area (Å²) in [5.41, 5.74) is 1.39. The van der Waals surface area contributed by atoms with E-state index in [-0.39, 0.29) is 5.60 Å². The molecule has 0 N–H and O–H groups in total. The van der Waals surface area contributed by atoms with Crippen molar-refractivity contribution in [3.8, 4) is 0 Å². The third-order valence-corrected chi connectivity index (χ3v) is 3.29. The first kappa shape index (κ1) is 9.04. The standard InChI is InChI=1S/C11H19NO/c1-9(2)10-8-11(13-12-10)6-4-3-5-7-11/h9H,3-8H2,1-2H3. The van der Waals surface area contributed by atoms with Crippen molar-refractivity contribution in [2.24, 2.45) is 11.1 Å². The Labute approximate surface area is 80.3 Å². The van der Waals surface area contributed by atoms with E-state index in [9.17, 15) is 0 Å². The van der Waals surface area contributed by atoms with Crippen LogP contribution >= 0.6 is 0 Å². The maximum absolute atomic E-state index is 5.64.